The third-order valence-corrected chi connectivity index (χ3v) is 4.13. The SMILES string of the molecule is CC(C)C(C#N)NS(=O)(=O)c1cccc(Br)c1. The smallest absolute Gasteiger partial charge is 0.207 e. The van der Waals surface area contributed by atoms with E-state index in [1.54, 1.807) is 26.0 Å². The summed E-state index contributed by atoms with van der Waals surface area (Å²) < 4.78 is 27.0. The van der Waals surface area contributed by atoms with Gasteiger partial charge in [-0.3, -0.25) is 0 Å². The third-order valence-electron chi connectivity index (χ3n) is 2.19. The largest absolute Gasteiger partial charge is 0.241 e. The van der Waals surface area contributed by atoms with Crippen LogP contribution in [0.5, 0.6) is 0 Å². The number of nitriles is 1. The van der Waals surface area contributed by atoms with E-state index in [1.165, 1.54) is 12.1 Å². The molecule has 0 saturated heterocycles. The van der Waals surface area contributed by atoms with Crippen LogP contribution in [-0.2, 0) is 10.0 Å². The van der Waals surface area contributed by atoms with Gasteiger partial charge in [0.25, 0.3) is 0 Å². The van der Waals surface area contributed by atoms with Gasteiger partial charge in [0.05, 0.1) is 11.0 Å². The fraction of sp³-hybridized carbons (Fsp3) is 0.364. The molecule has 1 atom stereocenters. The molecule has 0 aliphatic carbocycles. The highest BCUT2D eigenvalue weighted by molar-refractivity contribution is 9.10. The molecule has 92 valence electrons. The van der Waals surface area contributed by atoms with Crippen molar-refractivity contribution in [3.63, 3.8) is 0 Å². The molecule has 1 unspecified atom stereocenters. The van der Waals surface area contributed by atoms with Crippen molar-refractivity contribution >= 4 is 26.0 Å². The summed E-state index contributed by atoms with van der Waals surface area (Å²) in [6.45, 7) is 3.58. The van der Waals surface area contributed by atoms with Gasteiger partial charge in [0.15, 0.2) is 0 Å². The number of rotatable bonds is 4. The zero-order chi connectivity index (χ0) is 13.1. The zero-order valence-corrected chi connectivity index (χ0v) is 11.9. The molecule has 0 saturated carbocycles. The Morgan fingerprint density at radius 2 is 2.06 bits per heavy atom. The quantitative estimate of drug-likeness (QED) is 0.926. The van der Waals surface area contributed by atoms with Crippen LogP contribution in [0.15, 0.2) is 33.6 Å². The summed E-state index contributed by atoms with van der Waals surface area (Å²) in [6, 6.07) is 7.58. The average molecular weight is 317 g/mol. The Morgan fingerprint density at radius 3 is 2.53 bits per heavy atom. The molecule has 1 aromatic carbocycles. The van der Waals surface area contributed by atoms with Crippen molar-refractivity contribution in [3.05, 3.63) is 28.7 Å². The Balaban J connectivity index is 3.01. The van der Waals surface area contributed by atoms with Gasteiger partial charge >= 0.3 is 0 Å². The lowest BCUT2D eigenvalue weighted by Crippen LogP contribution is -2.37. The van der Waals surface area contributed by atoms with Crippen LogP contribution < -0.4 is 4.72 Å². The van der Waals surface area contributed by atoms with Crippen LogP contribution in [0.4, 0.5) is 0 Å². The predicted octanol–water partition coefficient (Wildman–Crippen LogP) is 2.28. The minimum atomic E-state index is -3.64. The van der Waals surface area contributed by atoms with Crippen LogP contribution in [0.2, 0.25) is 0 Å². The minimum absolute atomic E-state index is 0.0815. The monoisotopic (exact) mass is 316 g/mol. The van der Waals surface area contributed by atoms with Crippen LogP contribution in [0.25, 0.3) is 0 Å². The van der Waals surface area contributed by atoms with Crippen molar-refractivity contribution in [2.45, 2.75) is 24.8 Å². The summed E-state index contributed by atoms with van der Waals surface area (Å²) in [5.74, 6) is -0.0815. The molecule has 0 amide bonds. The van der Waals surface area contributed by atoms with Crippen LogP contribution in [-0.4, -0.2) is 14.5 Å². The first-order valence-corrected chi connectivity index (χ1v) is 7.32. The fourth-order valence-electron chi connectivity index (χ4n) is 1.18. The maximum atomic E-state index is 12.0. The first kappa shape index (κ1) is 14.2. The first-order valence-electron chi connectivity index (χ1n) is 5.04. The summed E-state index contributed by atoms with van der Waals surface area (Å²) >= 11 is 3.21. The van der Waals surface area contributed by atoms with Crippen LogP contribution >= 0.6 is 15.9 Å². The molecule has 0 spiro atoms. The van der Waals surface area contributed by atoms with E-state index < -0.39 is 16.1 Å². The van der Waals surface area contributed by atoms with E-state index in [1.807, 2.05) is 6.07 Å². The van der Waals surface area contributed by atoms with E-state index in [-0.39, 0.29) is 10.8 Å². The Morgan fingerprint density at radius 1 is 1.41 bits per heavy atom. The standard InChI is InChI=1S/C11H13BrN2O2S/c1-8(2)11(7-13)14-17(15,16)10-5-3-4-9(12)6-10/h3-6,8,11,14H,1-2H3. The number of nitrogens with one attached hydrogen (secondary N) is 1. The summed E-state index contributed by atoms with van der Waals surface area (Å²) in [6.07, 6.45) is 0. The van der Waals surface area contributed by atoms with Gasteiger partial charge < -0.3 is 0 Å². The predicted molar refractivity (Wildman–Crippen MR) is 68.7 cm³/mol. The van der Waals surface area contributed by atoms with Gasteiger partial charge in [-0.25, -0.2) is 8.42 Å². The highest BCUT2D eigenvalue weighted by Gasteiger charge is 2.22. The van der Waals surface area contributed by atoms with E-state index in [4.69, 9.17) is 5.26 Å². The first-order chi connectivity index (χ1) is 7.86. The van der Waals surface area contributed by atoms with Gasteiger partial charge in [-0.1, -0.05) is 35.8 Å². The third kappa shape index (κ3) is 3.80. The van der Waals surface area contributed by atoms with Crippen molar-refractivity contribution in [1.29, 1.82) is 5.26 Å². The lowest BCUT2D eigenvalue weighted by Gasteiger charge is -2.15. The number of hydrogen-bond donors (Lipinski definition) is 1. The van der Waals surface area contributed by atoms with Gasteiger partial charge in [0.2, 0.25) is 10.0 Å². The van der Waals surface area contributed by atoms with Gasteiger partial charge in [-0.2, -0.15) is 9.98 Å². The second-order valence-electron chi connectivity index (χ2n) is 3.93. The maximum absolute atomic E-state index is 12.0. The van der Waals surface area contributed by atoms with Crippen molar-refractivity contribution < 1.29 is 8.42 Å². The van der Waals surface area contributed by atoms with E-state index in [0.717, 1.165) is 0 Å². The Bertz CT molecular complexity index is 535. The summed E-state index contributed by atoms with van der Waals surface area (Å²) in [5.41, 5.74) is 0. The molecule has 0 heterocycles. The number of nitrogens with zero attached hydrogens (tertiary/aromatic N) is 1. The van der Waals surface area contributed by atoms with E-state index in [0.29, 0.717) is 4.47 Å². The molecule has 1 rings (SSSR count). The summed E-state index contributed by atoms with van der Waals surface area (Å²) in [7, 11) is -3.64. The van der Waals surface area contributed by atoms with Gasteiger partial charge in [0.1, 0.15) is 6.04 Å². The molecule has 4 nitrogen and oxygen atoms in total. The fourth-order valence-corrected chi connectivity index (χ4v) is 3.07. The maximum Gasteiger partial charge on any atom is 0.241 e. The molecule has 0 bridgehead atoms. The van der Waals surface area contributed by atoms with Crippen LogP contribution in [0.3, 0.4) is 0 Å². The van der Waals surface area contributed by atoms with Crippen molar-refractivity contribution in [2.75, 3.05) is 0 Å². The summed E-state index contributed by atoms with van der Waals surface area (Å²) in [4.78, 5) is 0.146. The highest BCUT2D eigenvalue weighted by atomic mass is 79.9. The number of benzene rings is 1. The normalized spacial score (nSPS) is 13.4. The van der Waals surface area contributed by atoms with Crippen molar-refractivity contribution in [1.82, 2.24) is 4.72 Å². The molecule has 0 aliphatic heterocycles. The minimum Gasteiger partial charge on any atom is -0.207 e. The van der Waals surface area contributed by atoms with Crippen LogP contribution in [0.1, 0.15) is 13.8 Å². The topological polar surface area (TPSA) is 70.0 Å². The molecule has 0 radical (unpaired) electrons. The molecule has 17 heavy (non-hydrogen) atoms. The van der Waals surface area contributed by atoms with Gasteiger partial charge in [0, 0.05) is 4.47 Å². The molecular weight excluding hydrogens is 304 g/mol. The van der Waals surface area contributed by atoms with Crippen molar-refractivity contribution in [3.8, 4) is 6.07 Å². The van der Waals surface area contributed by atoms with Gasteiger partial charge in [-0.15, -0.1) is 0 Å². The molecule has 0 aromatic heterocycles. The second-order valence-corrected chi connectivity index (χ2v) is 6.56. The van der Waals surface area contributed by atoms with Crippen molar-refractivity contribution in [2.24, 2.45) is 5.92 Å². The Hall–Kier alpha value is -0.900. The molecule has 6 heteroatoms. The van der Waals surface area contributed by atoms with Gasteiger partial charge in [-0.05, 0) is 24.1 Å². The Kier molecular flexibility index (Phi) is 4.69. The number of hydrogen-bond acceptors (Lipinski definition) is 3. The van der Waals surface area contributed by atoms with E-state index in [2.05, 4.69) is 20.7 Å². The Labute approximate surface area is 110 Å². The molecule has 1 aromatic rings. The summed E-state index contributed by atoms with van der Waals surface area (Å²) in [5, 5.41) is 8.88. The van der Waals surface area contributed by atoms with Crippen LogP contribution in [0, 0.1) is 17.2 Å². The number of sulfonamides is 1. The molecular formula is C11H13BrN2O2S. The molecule has 0 fully saturated rings. The molecule has 1 N–H and O–H groups in total. The second kappa shape index (κ2) is 5.63. The lowest BCUT2D eigenvalue weighted by molar-refractivity contribution is 0.515. The lowest BCUT2D eigenvalue weighted by atomic mass is 10.1. The van der Waals surface area contributed by atoms with E-state index >= 15 is 0 Å². The average Bonchev–Trinajstić information content (AvgIpc) is 2.25. The zero-order valence-electron chi connectivity index (χ0n) is 9.51. The number of halogens is 1. The molecule has 0 aliphatic rings. The highest BCUT2D eigenvalue weighted by Crippen LogP contribution is 2.16. The van der Waals surface area contributed by atoms with E-state index in [9.17, 15) is 8.42 Å².